The summed E-state index contributed by atoms with van der Waals surface area (Å²) in [6.07, 6.45) is 0.853. The maximum Gasteiger partial charge on any atom is 0.257 e. The van der Waals surface area contributed by atoms with Gasteiger partial charge in [-0.15, -0.1) is 0 Å². The van der Waals surface area contributed by atoms with E-state index in [0.29, 0.717) is 12.2 Å². The lowest BCUT2D eigenvalue weighted by Crippen LogP contribution is -2.34. The summed E-state index contributed by atoms with van der Waals surface area (Å²) in [6.45, 7) is 2.57. The Hall–Kier alpha value is -2.70. The van der Waals surface area contributed by atoms with Gasteiger partial charge in [0.25, 0.3) is 5.91 Å². The topological polar surface area (TPSA) is 50.4 Å². The molecule has 0 aromatic heterocycles. The summed E-state index contributed by atoms with van der Waals surface area (Å²) in [5.74, 6) is 0.523. The molecule has 4 nitrogen and oxygen atoms in total. The normalized spacial score (nSPS) is 10.3. The molecule has 29 heavy (non-hydrogen) atoms. The number of nitrogens with one attached hydrogen (secondary N) is 2. The van der Waals surface area contributed by atoms with Crippen molar-refractivity contribution in [2.45, 2.75) is 13.3 Å². The number of halogens is 1. The van der Waals surface area contributed by atoms with E-state index in [2.05, 4.69) is 38.7 Å². The number of carbonyl (C=O) groups is 1. The Kier molecular flexibility index (Phi) is 7.38. The number of anilines is 1. The molecule has 0 aliphatic rings. The first kappa shape index (κ1) is 21.0. The average molecular weight is 469 g/mol. The first-order valence-electron chi connectivity index (χ1n) is 9.16. The van der Waals surface area contributed by atoms with Gasteiger partial charge in [-0.05, 0) is 66.7 Å². The van der Waals surface area contributed by atoms with E-state index in [-0.39, 0.29) is 11.0 Å². The maximum atomic E-state index is 12.3. The van der Waals surface area contributed by atoms with Crippen LogP contribution in [0.5, 0.6) is 5.75 Å². The molecule has 3 rings (SSSR count). The highest BCUT2D eigenvalue weighted by atomic mass is 79.9. The second-order valence-electron chi connectivity index (χ2n) is 6.48. The van der Waals surface area contributed by atoms with E-state index in [1.807, 2.05) is 55.5 Å². The molecule has 0 unspecified atom stereocenters. The lowest BCUT2D eigenvalue weighted by atomic mass is 10.1. The number of amides is 1. The summed E-state index contributed by atoms with van der Waals surface area (Å²) < 4.78 is 6.66. The van der Waals surface area contributed by atoms with Gasteiger partial charge in [-0.2, -0.15) is 0 Å². The number of thiocarbonyl (C=S) groups is 1. The summed E-state index contributed by atoms with van der Waals surface area (Å²) in [5, 5.41) is 5.94. The van der Waals surface area contributed by atoms with Crippen molar-refractivity contribution in [1.29, 1.82) is 0 Å². The quantitative estimate of drug-likeness (QED) is 0.468. The SMILES string of the molecule is Cc1ccc(C(=O)NC(=S)Nc2ccc(OCCc3ccccc3)cc2)cc1Br. The van der Waals surface area contributed by atoms with E-state index in [9.17, 15) is 4.79 Å². The third-order valence-electron chi connectivity index (χ3n) is 4.28. The molecule has 0 radical (unpaired) electrons. The average Bonchev–Trinajstić information content (AvgIpc) is 2.72. The molecule has 0 heterocycles. The summed E-state index contributed by atoms with van der Waals surface area (Å²) >= 11 is 8.67. The number of aryl methyl sites for hydroxylation is 1. The fourth-order valence-electron chi connectivity index (χ4n) is 2.64. The van der Waals surface area contributed by atoms with E-state index >= 15 is 0 Å². The Morgan fingerprint density at radius 1 is 1.03 bits per heavy atom. The summed E-state index contributed by atoms with van der Waals surface area (Å²) in [7, 11) is 0. The third-order valence-corrected chi connectivity index (χ3v) is 5.33. The van der Waals surface area contributed by atoms with Crippen molar-refractivity contribution in [1.82, 2.24) is 5.32 Å². The van der Waals surface area contributed by atoms with Gasteiger partial charge >= 0.3 is 0 Å². The van der Waals surface area contributed by atoms with Gasteiger partial charge in [0.1, 0.15) is 5.75 Å². The van der Waals surface area contributed by atoms with Crippen LogP contribution < -0.4 is 15.4 Å². The molecule has 3 aromatic carbocycles. The van der Waals surface area contributed by atoms with Gasteiger partial charge in [0, 0.05) is 22.1 Å². The van der Waals surface area contributed by atoms with Crippen molar-refractivity contribution in [2.75, 3.05) is 11.9 Å². The second kappa shape index (κ2) is 10.2. The van der Waals surface area contributed by atoms with E-state index in [4.69, 9.17) is 17.0 Å². The summed E-state index contributed by atoms with van der Waals surface area (Å²) in [4.78, 5) is 12.3. The number of carbonyl (C=O) groups excluding carboxylic acids is 1. The van der Waals surface area contributed by atoms with E-state index in [1.54, 1.807) is 12.1 Å². The van der Waals surface area contributed by atoms with Gasteiger partial charge in [0.15, 0.2) is 5.11 Å². The molecule has 0 aliphatic carbocycles. The number of hydrogen-bond donors (Lipinski definition) is 2. The zero-order valence-electron chi connectivity index (χ0n) is 15.9. The molecule has 1 amide bonds. The fraction of sp³-hybridized carbons (Fsp3) is 0.130. The molecule has 0 saturated heterocycles. The van der Waals surface area contributed by atoms with Crippen LogP contribution in [0.3, 0.4) is 0 Å². The molecule has 0 aliphatic heterocycles. The fourth-order valence-corrected chi connectivity index (χ4v) is 3.23. The van der Waals surface area contributed by atoms with Crippen LogP contribution in [0.4, 0.5) is 5.69 Å². The van der Waals surface area contributed by atoms with Crippen LogP contribution in [0.15, 0.2) is 77.3 Å². The number of benzene rings is 3. The Balaban J connectivity index is 1.47. The second-order valence-corrected chi connectivity index (χ2v) is 7.74. The highest BCUT2D eigenvalue weighted by Gasteiger charge is 2.09. The molecule has 6 heteroatoms. The molecule has 148 valence electrons. The Morgan fingerprint density at radius 3 is 2.45 bits per heavy atom. The lowest BCUT2D eigenvalue weighted by molar-refractivity contribution is 0.0977. The number of ether oxygens (including phenoxy) is 1. The standard InChI is InChI=1S/C23H21BrN2O2S/c1-16-7-8-18(15-21(16)24)22(27)26-23(29)25-19-9-11-20(12-10-19)28-14-13-17-5-3-2-4-6-17/h2-12,15H,13-14H2,1H3,(H2,25,26,27,29). The Bertz CT molecular complexity index is 992. The zero-order chi connectivity index (χ0) is 20.6. The van der Waals surface area contributed by atoms with Crippen LogP contribution in [0.25, 0.3) is 0 Å². The van der Waals surface area contributed by atoms with Crippen molar-refractivity contribution in [3.05, 3.63) is 94.0 Å². The first-order chi connectivity index (χ1) is 14.0. The van der Waals surface area contributed by atoms with Crippen LogP contribution in [0.2, 0.25) is 0 Å². The van der Waals surface area contributed by atoms with Gasteiger partial charge in [-0.3, -0.25) is 10.1 Å². The molecule has 0 bridgehead atoms. The predicted octanol–water partition coefficient (Wildman–Crippen LogP) is 5.51. The molecule has 0 fully saturated rings. The predicted molar refractivity (Wildman–Crippen MR) is 125 cm³/mol. The van der Waals surface area contributed by atoms with Crippen LogP contribution in [0, 0.1) is 6.92 Å². The van der Waals surface area contributed by atoms with Crippen molar-refractivity contribution < 1.29 is 9.53 Å². The van der Waals surface area contributed by atoms with E-state index in [0.717, 1.165) is 27.9 Å². The van der Waals surface area contributed by atoms with Crippen LogP contribution >= 0.6 is 28.1 Å². The van der Waals surface area contributed by atoms with Crippen molar-refractivity contribution >= 4 is 44.9 Å². The van der Waals surface area contributed by atoms with Crippen molar-refractivity contribution in [2.24, 2.45) is 0 Å². The number of rotatable bonds is 6. The van der Waals surface area contributed by atoms with Crippen molar-refractivity contribution in [3.8, 4) is 5.75 Å². The highest BCUT2D eigenvalue weighted by Crippen LogP contribution is 2.18. The summed E-state index contributed by atoms with van der Waals surface area (Å²) in [5.41, 5.74) is 3.62. The van der Waals surface area contributed by atoms with Crippen LogP contribution in [0.1, 0.15) is 21.5 Å². The molecule has 0 spiro atoms. The zero-order valence-corrected chi connectivity index (χ0v) is 18.3. The minimum absolute atomic E-state index is 0.240. The van der Waals surface area contributed by atoms with E-state index < -0.39 is 0 Å². The van der Waals surface area contributed by atoms with Crippen LogP contribution in [-0.2, 0) is 6.42 Å². The molecular formula is C23H21BrN2O2S. The highest BCUT2D eigenvalue weighted by molar-refractivity contribution is 9.10. The monoisotopic (exact) mass is 468 g/mol. The van der Waals surface area contributed by atoms with Gasteiger partial charge in [-0.25, -0.2) is 0 Å². The maximum absolute atomic E-state index is 12.3. The lowest BCUT2D eigenvalue weighted by Gasteiger charge is -2.11. The van der Waals surface area contributed by atoms with E-state index in [1.165, 1.54) is 5.56 Å². The Morgan fingerprint density at radius 2 is 1.76 bits per heavy atom. The first-order valence-corrected chi connectivity index (χ1v) is 10.4. The van der Waals surface area contributed by atoms with Crippen LogP contribution in [-0.4, -0.2) is 17.6 Å². The molecule has 2 N–H and O–H groups in total. The third kappa shape index (κ3) is 6.41. The largest absolute Gasteiger partial charge is 0.493 e. The molecular weight excluding hydrogens is 448 g/mol. The number of hydrogen-bond acceptors (Lipinski definition) is 3. The van der Waals surface area contributed by atoms with Gasteiger partial charge in [0.2, 0.25) is 0 Å². The molecule has 0 atom stereocenters. The van der Waals surface area contributed by atoms with Gasteiger partial charge in [-0.1, -0.05) is 52.3 Å². The smallest absolute Gasteiger partial charge is 0.257 e. The molecule has 3 aromatic rings. The minimum Gasteiger partial charge on any atom is -0.493 e. The molecule has 0 saturated carbocycles. The Labute approximate surface area is 184 Å². The van der Waals surface area contributed by atoms with Gasteiger partial charge in [0.05, 0.1) is 6.61 Å². The van der Waals surface area contributed by atoms with Gasteiger partial charge < -0.3 is 10.1 Å². The summed E-state index contributed by atoms with van der Waals surface area (Å²) in [6, 6.07) is 23.1. The van der Waals surface area contributed by atoms with Crippen molar-refractivity contribution in [3.63, 3.8) is 0 Å². The minimum atomic E-state index is -0.260.